The van der Waals surface area contributed by atoms with Gasteiger partial charge in [0, 0.05) is 0 Å². The van der Waals surface area contributed by atoms with Gasteiger partial charge in [0.1, 0.15) is 0 Å². The Labute approximate surface area is 232 Å². The van der Waals surface area contributed by atoms with E-state index in [0.29, 0.717) is 0 Å². The summed E-state index contributed by atoms with van der Waals surface area (Å²) in [5, 5.41) is 7.68. The fraction of sp³-hybridized carbons (Fsp3) is 0.128. The van der Waals surface area contributed by atoms with Crippen LogP contribution in [-0.4, -0.2) is 0 Å². The van der Waals surface area contributed by atoms with Crippen molar-refractivity contribution >= 4 is 33.7 Å². The molecule has 6 aromatic carbocycles. The maximum atomic E-state index is 2.35. The fourth-order valence-electron chi connectivity index (χ4n) is 5.64. The standard InChI is InChI=1S/C37H30.C2H6/c1-4-32-33(5-2)37(35-16-9-8-15-34(35)36(32)27-19-17-25(3)18-20-27)31-14-10-13-29(24-31)30-22-21-26-11-6-7-12-28(26)23-30;1-2/h4-24H,1-3H3;1-2H3/b32-4+,33-5+;. The topological polar surface area (TPSA) is 0 Å². The molecular weight excluding hydrogens is 468 g/mol. The monoisotopic (exact) mass is 504 g/mol. The molecule has 0 aliphatic heterocycles. The molecule has 0 saturated carbocycles. The van der Waals surface area contributed by atoms with Gasteiger partial charge in [0.15, 0.2) is 0 Å². The molecule has 0 heterocycles. The third-order valence-corrected chi connectivity index (χ3v) is 7.45. The number of hydrogen-bond donors (Lipinski definition) is 0. The second-order valence-electron chi connectivity index (χ2n) is 9.71. The van der Waals surface area contributed by atoms with Gasteiger partial charge >= 0.3 is 0 Å². The van der Waals surface area contributed by atoms with E-state index < -0.39 is 0 Å². The molecule has 0 bridgehead atoms. The van der Waals surface area contributed by atoms with Crippen molar-refractivity contribution in [1.82, 2.24) is 0 Å². The zero-order chi connectivity index (χ0) is 27.4. The highest BCUT2D eigenvalue weighted by molar-refractivity contribution is 6.06. The molecule has 0 aliphatic carbocycles. The van der Waals surface area contributed by atoms with Crippen LogP contribution in [0.2, 0.25) is 0 Å². The van der Waals surface area contributed by atoms with Crippen molar-refractivity contribution in [1.29, 1.82) is 0 Å². The van der Waals surface area contributed by atoms with Gasteiger partial charge in [-0.05, 0) is 98.3 Å². The maximum absolute atomic E-state index is 2.35. The van der Waals surface area contributed by atoms with E-state index in [0.717, 1.165) is 0 Å². The molecule has 0 aromatic heterocycles. The summed E-state index contributed by atoms with van der Waals surface area (Å²) in [4.78, 5) is 0. The van der Waals surface area contributed by atoms with Crippen LogP contribution in [0, 0.1) is 6.92 Å². The molecule has 0 atom stereocenters. The lowest BCUT2D eigenvalue weighted by Gasteiger charge is -2.16. The van der Waals surface area contributed by atoms with Crippen molar-refractivity contribution in [2.75, 3.05) is 0 Å². The summed E-state index contributed by atoms with van der Waals surface area (Å²) in [6, 6.07) is 42.1. The highest BCUT2D eigenvalue weighted by atomic mass is 14.2. The molecule has 6 rings (SSSR count). The van der Waals surface area contributed by atoms with E-state index in [1.54, 1.807) is 0 Å². The van der Waals surface area contributed by atoms with E-state index in [4.69, 9.17) is 0 Å². The first-order valence-electron chi connectivity index (χ1n) is 14.0. The van der Waals surface area contributed by atoms with Crippen LogP contribution in [0.5, 0.6) is 0 Å². The SMILES string of the molecule is C/C=c1/c(-c2ccc(C)cc2)c2ccccc2c(-c2cccc(-c3ccc4ccccc4c3)c2)/c1=C/C.CC. The third-order valence-electron chi connectivity index (χ3n) is 7.45. The average Bonchev–Trinajstić information content (AvgIpc) is 3.01. The second kappa shape index (κ2) is 11.5. The van der Waals surface area contributed by atoms with Gasteiger partial charge < -0.3 is 0 Å². The number of hydrogen-bond acceptors (Lipinski definition) is 0. The molecule has 39 heavy (non-hydrogen) atoms. The lowest BCUT2D eigenvalue weighted by Crippen LogP contribution is -2.29. The Morgan fingerprint density at radius 3 is 1.59 bits per heavy atom. The molecule has 0 N–H and O–H groups in total. The molecule has 0 spiro atoms. The molecule has 0 heteroatoms. The number of aryl methyl sites for hydroxylation is 1. The molecule has 0 radical (unpaired) electrons. The summed E-state index contributed by atoms with van der Waals surface area (Å²) in [6.07, 6.45) is 4.55. The lowest BCUT2D eigenvalue weighted by atomic mass is 9.87. The molecule has 192 valence electrons. The van der Waals surface area contributed by atoms with Crippen LogP contribution >= 0.6 is 0 Å². The van der Waals surface area contributed by atoms with Crippen LogP contribution in [0.25, 0.3) is 67.1 Å². The number of rotatable bonds is 3. The summed E-state index contributed by atoms with van der Waals surface area (Å²) in [5.41, 5.74) is 8.86. The van der Waals surface area contributed by atoms with E-state index >= 15 is 0 Å². The summed E-state index contributed by atoms with van der Waals surface area (Å²) < 4.78 is 0. The second-order valence-corrected chi connectivity index (χ2v) is 9.71. The summed E-state index contributed by atoms with van der Waals surface area (Å²) >= 11 is 0. The average molecular weight is 505 g/mol. The fourth-order valence-corrected chi connectivity index (χ4v) is 5.64. The van der Waals surface area contributed by atoms with Gasteiger partial charge in [-0.15, -0.1) is 0 Å². The third kappa shape index (κ3) is 4.91. The van der Waals surface area contributed by atoms with E-state index in [9.17, 15) is 0 Å². The number of benzene rings is 6. The molecule has 0 aliphatic rings. The summed E-state index contributed by atoms with van der Waals surface area (Å²) in [5.74, 6) is 0. The summed E-state index contributed by atoms with van der Waals surface area (Å²) in [7, 11) is 0. The zero-order valence-corrected chi connectivity index (χ0v) is 23.6. The molecule has 0 fully saturated rings. The summed E-state index contributed by atoms with van der Waals surface area (Å²) in [6.45, 7) is 10.5. The Kier molecular flexibility index (Phi) is 7.75. The van der Waals surface area contributed by atoms with E-state index in [2.05, 4.69) is 148 Å². The van der Waals surface area contributed by atoms with E-state index in [-0.39, 0.29) is 0 Å². The van der Waals surface area contributed by atoms with E-state index in [1.807, 2.05) is 13.8 Å². The Hall–Kier alpha value is -4.42. The van der Waals surface area contributed by atoms with Crippen molar-refractivity contribution in [3.63, 3.8) is 0 Å². The smallest absolute Gasteiger partial charge is 0.00296 e. The Balaban J connectivity index is 0.00000151. The van der Waals surface area contributed by atoms with Crippen LogP contribution in [0.1, 0.15) is 33.3 Å². The van der Waals surface area contributed by atoms with Crippen molar-refractivity contribution in [3.05, 3.63) is 131 Å². The number of fused-ring (bicyclic) bond motifs is 2. The van der Waals surface area contributed by atoms with Crippen LogP contribution < -0.4 is 10.4 Å². The predicted molar refractivity (Wildman–Crippen MR) is 173 cm³/mol. The first-order valence-corrected chi connectivity index (χ1v) is 14.0. The van der Waals surface area contributed by atoms with E-state index in [1.165, 1.54) is 70.9 Å². The van der Waals surface area contributed by atoms with Crippen LogP contribution in [0.3, 0.4) is 0 Å². The largest absolute Gasteiger partial charge is 0.0791 e. The first-order chi connectivity index (χ1) is 19.2. The molecule has 0 amide bonds. The minimum atomic E-state index is 1.24. The Bertz CT molecular complexity index is 1890. The van der Waals surface area contributed by atoms with Gasteiger partial charge in [-0.25, -0.2) is 0 Å². The van der Waals surface area contributed by atoms with Gasteiger partial charge in [0.2, 0.25) is 0 Å². The van der Waals surface area contributed by atoms with Crippen molar-refractivity contribution < 1.29 is 0 Å². The van der Waals surface area contributed by atoms with Crippen LogP contribution in [0.4, 0.5) is 0 Å². The molecule has 6 aromatic rings. The van der Waals surface area contributed by atoms with Crippen molar-refractivity contribution in [3.8, 4) is 33.4 Å². The van der Waals surface area contributed by atoms with Gasteiger partial charge in [-0.2, -0.15) is 0 Å². The van der Waals surface area contributed by atoms with Gasteiger partial charge in [-0.1, -0.05) is 135 Å². The van der Waals surface area contributed by atoms with Crippen molar-refractivity contribution in [2.45, 2.75) is 34.6 Å². The Morgan fingerprint density at radius 2 is 0.949 bits per heavy atom. The van der Waals surface area contributed by atoms with Gasteiger partial charge in [-0.3, -0.25) is 0 Å². The molecule has 0 saturated heterocycles. The highest BCUT2D eigenvalue weighted by Gasteiger charge is 2.14. The minimum Gasteiger partial charge on any atom is -0.0791 e. The van der Waals surface area contributed by atoms with Gasteiger partial charge in [0.05, 0.1) is 0 Å². The van der Waals surface area contributed by atoms with Crippen LogP contribution in [-0.2, 0) is 0 Å². The molecular formula is C39H36. The van der Waals surface area contributed by atoms with Gasteiger partial charge in [0.25, 0.3) is 0 Å². The van der Waals surface area contributed by atoms with Crippen LogP contribution in [0.15, 0.2) is 115 Å². The molecule has 0 nitrogen and oxygen atoms in total. The zero-order valence-electron chi connectivity index (χ0n) is 23.6. The van der Waals surface area contributed by atoms with Crippen molar-refractivity contribution in [2.24, 2.45) is 0 Å². The maximum Gasteiger partial charge on any atom is -0.00296 e. The highest BCUT2D eigenvalue weighted by Crippen LogP contribution is 2.33. The minimum absolute atomic E-state index is 1.24. The first kappa shape index (κ1) is 26.2. The lowest BCUT2D eigenvalue weighted by molar-refractivity contribution is 1.45. The Morgan fingerprint density at radius 1 is 0.436 bits per heavy atom. The quantitative estimate of drug-likeness (QED) is 0.225. The normalized spacial score (nSPS) is 12.0. The molecule has 0 unspecified atom stereocenters. The predicted octanol–water partition coefficient (Wildman–Crippen LogP) is 9.93.